The summed E-state index contributed by atoms with van der Waals surface area (Å²) in [6.45, 7) is 4.63. The van der Waals surface area contributed by atoms with Gasteiger partial charge in [0.2, 0.25) is 11.5 Å². The van der Waals surface area contributed by atoms with Crippen molar-refractivity contribution < 1.29 is 18.7 Å². The summed E-state index contributed by atoms with van der Waals surface area (Å²) in [6, 6.07) is 14.0. The SMILES string of the molecule is COC(=O)c1ccccc1NC(=O)CSc1nc2c(oc3ccccc32)c(=O)n1CCC(C)C. The lowest BCUT2D eigenvalue weighted by Gasteiger charge is -2.13. The van der Waals surface area contributed by atoms with Crippen molar-refractivity contribution in [2.24, 2.45) is 5.92 Å². The first-order valence-electron chi connectivity index (χ1n) is 10.9. The van der Waals surface area contributed by atoms with Gasteiger partial charge in [0.15, 0.2) is 5.16 Å². The molecule has 1 N–H and O–H groups in total. The summed E-state index contributed by atoms with van der Waals surface area (Å²) in [5.41, 5.74) is 1.66. The molecule has 0 spiro atoms. The molecule has 2 aromatic carbocycles. The molecule has 4 rings (SSSR count). The van der Waals surface area contributed by atoms with E-state index in [2.05, 4.69) is 19.2 Å². The fourth-order valence-corrected chi connectivity index (χ4v) is 4.36. The quantitative estimate of drug-likeness (QED) is 0.222. The fourth-order valence-electron chi connectivity index (χ4n) is 3.54. The lowest BCUT2D eigenvalue weighted by atomic mass is 10.1. The monoisotopic (exact) mass is 479 g/mol. The van der Waals surface area contributed by atoms with E-state index in [-0.39, 0.29) is 28.4 Å². The molecule has 0 fully saturated rings. The van der Waals surface area contributed by atoms with Gasteiger partial charge in [-0.05, 0) is 36.6 Å². The molecule has 0 aliphatic carbocycles. The van der Waals surface area contributed by atoms with Crippen molar-refractivity contribution >= 4 is 51.4 Å². The Morgan fingerprint density at radius 1 is 1.15 bits per heavy atom. The first kappa shape index (κ1) is 23.6. The van der Waals surface area contributed by atoms with Gasteiger partial charge >= 0.3 is 5.97 Å². The van der Waals surface area contributed by atoms with E-state index in [9.17, 15) is 14.4 Å². The number of nitrogens with zero attached hydrogens (tertiary/aromatic N) is 2. The van der Waals surface area contributed by atoms with Crippen LogP contribution in [0, 0.1) is 5.92 Å². The number of aromatic nitrogens is 2. The fraction of sp³-hybridized carbons (Fsp3) is 0.280. The molecule has 2 heterocycles. The van der Waals surface area contributed by atoms with Crippen LogP contribution in [0.2, 0.25) is 0 Å². The highest BCUT2D eigenvalue weighted by atomic mass is 32.2. The maximum atomic E-state index is 13.3. The molecule has 1 amide bonds. The zero-order chi connectivity index (χ0) is 24.2. The van der Waals surface area contributed by atoms with Crippen LogP contribution in [0.5, 0.6) is 0 Å². The lowest BCUT2D eigenvalue weighted by molar-refractivity contribution is -0.113. The zero-order valence-electron chi connectivity index (χ0n) is 19.2. The molecule has 0 atom stereocenters. The predicted molar refractivity (Wildman–Crippen MR) is 132 cm³/mol. The molecule has 176 valence electrons. The van der Waals surface area contributed by atoms with E-state index in [1.807, 2.05) is 18.2 Å². The first-order valence-corrected chi connectivity index (χ1v) is 11.9. The molecule has 0 radical (unpaired) electrons. The van der Waals surface area contributed by atoms with Crippen LogP contribution in [0.3, 0.4) is 0 Å². The maximum Gasteiger partial charge on any atom is 0.339 e. The Balaban J connectivity index is 1.63. The van der Waals surface area contributed by atoms with Gasteiger partial charge in [0.1, 0.15) is 11.1 Å². The van der Waals surface area contributed by atoms with Crippen LogP contribution >= 0.6 is 11.8 Å². The second-order valence-corrected chi connectivity index (χ2v) is 9.13. The van der Waals surface area contributed by atoms with Crippen LogP contribution in [-0.4, -0.2) is 34.3 Å². The standard InChI is InChI=1S/C25H25N3O5S/c1-15(2)12-13-28-23(30)22-21(17-9-5-7-11-19(17)33-22)27-25(28)34-14-20(29)26-18-10-6-4-8-16(18)24(31)32-3/h4-11,15H,12-14H2,1-3H3,(H,26,29). The number of nitrogens with one attached hydrogen (secondary N) is 1. The average molecular weight is 480 g/mol. The number of para-hydroxylation sites is 2. The molecule has 0 aliphatic rings. The molecule has 2 aromatic heterocycles. The number of carbonyl (C=O) groups excluding carboxylic acids is 2. The number of esters is 1. The number of methoxy groups -OCH3 is 1. The minimum atomic E-state index is -0.537. The van der Waals surface area contributed by atoms with Crippen LogP contribution < -0.4 is 10.9 Å². The van der Waals surface area contributed by atoms with E-state index in [0.29, 0.717) is 34.4 Å². The summed E-state index contributed by atoms with van der Waals surface area (Å²) in [4.78, 5) is 42.7. The zero-order valence-corrected chi connectivity index (χ0v) is 20.0. The smallest absolute Gasteiger partial charge is 0.339 e. The molecule has 34 heavy (non-hydrogen) atoms. The van der Waals surface area contributed by atoms with Gasteiger partial charge in [0, 0.05) is 11.9 Å². The Kier molecular flexibility index (Phi) is 7.02. The molecule has 0 saturated carbocycles. The summed E-state index contributed by atoms with van der Waals surface area (Å²) in [5, 5.41) is 3.95. The van der Waals surface area contributed by atoms with Gasteiger partial charge in [-0.1, -0.05) is 49.9 Å². The first-order chi connectivity index (χ1) is 16.4. The number of thioether (sulfide) groups is 1. The van der Waals surface area contributed by atoms with E-state index in [1.165, 1.54) is 18.9 Å². The molecule has 9 heteroatoms. The van der Waals surface area contributed by atoms with E-state index >= 15 is 0 Å². The Hall–Kier alpha value is -3.59. The third kappa shape index (κ3) is 4.84. The number of benzene rings is 2. The maximum absolute atomic E-state index is 13.3. The Bertz CT molecular complexity index is 1420. The highest BCUT2D eigenvalue weighted by molar-refractivity contribution is 7.99. The van der Waals surface area contributed by atoms with Crippen LogP contribution in [0.15, 0.2) is 62.9 Å². The normalized spacial score (nSPS) is 11.3. The highest BCUT2D eigenvalue weighted by Gasteiger charge is 2.19. The van der Waals surface area contributed by atoms with Crippen molar-refractivity contribution in [2.75, 3.05) is 18.2 Å². The number of anilines is 1. The molecular formula is C25H25N3O5S. The third-order valence-corrected chi connectivity index (χ3v) is 6.29. The second kappa shape index (κ2) is 10.1. The van der Waals surface area contributed by atoms with Gasteiger partial charge in [-0.15, -0.1) is 0 Å². The number of amides is 1. The van der Waals surface area contributed by atoms with Crippen molar-refractivity contribution in [3.05, 3.63) is 64.4 Å². The molecule has 0 unspecified atom stereocenters. The van der Waals surface area contributed by atoms with Gasteiger partial charge in [-0.3, -0.25) is 14.2 Å². The van der Waals surface area contributed by atoms with Crippen LogP contribution in [0.1, 0.15) is 30.6 Å². The summed E-state index contributed by atoms with van der Waals surface area (Å²) in [7, 11) is 1.29. The molecular weight excluding hydrogens is 454 g/mol. The Morgan fingerprint density at radius 3 is 2.65 bits per heavy atom. The molecule has 0 aliphatic heterocycles. The van der Waals surface area contributed by atoms with Gasteiger partial charge < -0.3 is 14.5 Å². The predicted octanol–water partition coefficient (Wildman–Crippen LogP) is 4.71. The van der Waals surface area contributed by atoms with Crippen LogP contribution in [-0.2, 0) is 16.1 Å². The molecule has 0 bridgehead atoms. The number of carbonyl (C=O) groups is 2. The van der Waals surface area contributed by atoms with Crippen molar-refractivity contribution in [1.82, 2.24) is 9.55 Å². The van der Waals surface area contributed by atoms with Crippen molar-refractivity contribution in [3.63, 3.8) is 0 Å². The summed E-state index contributed by atoms with van der Waals surface area (Å²) >= 11 is 1.17. The van der Waals surface area contributed by atoms with E-state index < -0.39 is 5.97 Å². The average Bonchev–Trinajstić information content (AvgIpc) is 3.21. The second-order valence-electron chi connectivity index (χ2n) is 8.18. The minimum absolute atomic E-state index is 0.00488. The number of hydrogen-bond acceptors (Lipinski definition) is 7. The Morgan fingerprint density at radius 2 is 1.88 bits per heavy atom. The molecule has 8 nitrogen and oxygen atoms in total. The number of rotatable bonds is 8. The highest BCUT2D eigenvalue weighted by Crippen LogP contribution is 2.27. The van der Waals surface area contributed by atoms with Crippen molar-refractivity contribution in [1.29, 1.82) is 0 Å². The van der Waals surface area contributed by atoms with Crippen LogP contribution in [0.4, 0.5) is 5.69 Å². The van der Waals surface area contributed by atoms with Crippen LogP contribution in [0.25, 0.3) is 22.1 Å². The summed E-state index contributed by atoms with van der Waals surface area (Å²) in [6.07, 6.45) is 0.777. The van der Waals surface area contributed by atoms with Crippen molar-refractivity contribution in [2.45, 2.75) is 32.0 Å². The van der Waals surface area contributed by atoms with Gasteiger partial charge in [-0.2, -0.15) is 0 Å². The minimum Gasteiger partial charge on any atom is -0.465 e. The van der Waals surface area contributed by atoms with Gasteiger partial charge in [-0.25, -0.2) is 9.78 Å². The number of furan rings is 1. The van der Waals surface area contributed by atoms with Gasteiger partial charge in [0.25, 0.3) is 5.56 Å². The van der Waals surface area contributed by atoms with E-state index in [0.717, 1.165) is 11.8 Å². The number of hydrogen-bond donors (Lipinski definition) is 1. The number of ether oxygens (including phenoxy) is 1. The van der Waals surface area contributed by atoms with Crippen molar-refractivity contribution in [3.8, 4) is 0 Å². The third-order valence-electron chi connectivity index (χ3n) is 5.32. The summed E-state index contributed by atoms with van der Waals surface area (Å²) in [5.74, 6) is -0.479. The topological polar surface area (TPSA) is 103 Å². The largest absolute Gasteiger partial charge is 0.465 e. The summed E-state index contributed by atoms with van der Waals surface area (Å²) < 4.78 is 12.2. The molecule has 0 saturated heterocycles. The Labute approximate surface area is 200 Å². The van der Waals surface area contributed by atoms with E-state index in [1.54, 1.807) is 34.9 Å². The lowest BCUT2D eigenvalue weighted by Crippen LogP contribution is -2.24. The van der Waals surface area contributed by atoms with Gasteiger partial charge in [0.05, 0.1) is 24.1 Å². The molecule has 4 aromatic rings. The van der Waals surface area contributed by atoms with E-state index in [4.69, 9.17) is 14.1 Å². The number of fused-ring (bicyclic) bond motifs is 3.